The van der Waals surface area contributed by atoms with Crippen molar-refractivity contribution in [3.63, 3.8) is 0 Å². The molecule has 0 bridgehead atoms. The highest BCUT2D eigenvalue weighted by atomic mass is 16.3. The summed E-state index contributed by atoms with van der Waals surface area (Å²) in [6, 6.07) is 14.0. The fourth-order valence-corrected chi connectivity index (χ4v) is 2.93. The van der Waals surface area contributed by atoms with Gasteiger partial charge in [-0.25, -0.2) is 4.98 Å². The number of carbonyl (C=O) groups excluding carboxylic acids is 1. The Bertz CT molecular complexity index is 715. The maximum absolute atomic E-state index is 12.1. The number of hydrogen-bond donors (Lipinski definition) is 2. The summed E-state index contributed by atoms with van der Waals surface area (Å²) in [6.45, 7) is 4.00. The van der Waals surface area contributed by atoms with Crippen LogP contribution < -0.4 is 10.2 Å². The maximum Gasteiger partial charge on any atom is 0.270 e. The molecule has 2 aromatic rings. The number of nitrogens with zero attached hydrogens (tertiary/aromatic N) is 2. The largest absolute Gasteiger partial charge is 0.392 e. The molecule has 1 aromatic heterocycles. The molecule has 120 valence electrons. The Kier molecular flexibility index (Phi) is 4.30. The molecule has 5 nitrogen and oxygen atoms in total. The van der Waals surface area contributed by atoms with Crippen LogP contribution in [0.3, 0.4) is 0 Å². The molecule has 5 heteroatoms. The first kappa shape index (κ1) is 15.5. The molecular weight excluding hydrogens is 290 g/mol. The van der Waals surface area contributed by atoms with Crippen LogP contribution >= 0.6 is 0 Å². The molecule has 2 unspecified atom stereocenters. The molecule has 1 aliphatic rings. The van der Waals surface area contributed by atoms with Gasteiger partial charge in [-0.1, -0.05) is 24.3 Å². The van der Waals surface area contributed by atoms with E-state index in [-0.39, 0.29) is 12.5 Å². The number of rotatable bonds is 4. The third-order valence-corrected chi connectivity index (χ3v) is 3.98. The number of para-hydroxylation sites is 1. The zero-order valence-corrected chi connectivity index (χ0v) is 13.4. The molecule has 0 saturated carbocycles. The number of aliphatic hydroxyl groups excluding tert-OH is 1. The minimum atomic E-state index is -0.576. The van der Waals surface area contributed by atoms with Crippen LogP contribution in [0, 0.1) is 0 Å². The number of hydrogen-bond acceptors (Lipinski definition) is 4. The number of benzene rings is 1. The van der Waals surface area contributed by atoms with E-state index < -0.39 is 6.10 Å². The number of nitrogens with one attached hydrogen (secondary N) is 1. The van der Waals surface area contributed by atoms with E-state index in [1.54, 1.807) is 13.0 Å². The van der Waals surface area contributed by atoms with Gasteiger partial charge in [-0.2, -0.15) is 0 Å². The Hall–Kier alpha value is -2.40. The number of aliphatic hydroxyl groups is 1. The van der Waals surface area contributed by atoms with E-state index in [4.69, 9.17) is 0 Å². The Balaban J connectivity index is 1.87. The van der Waals surface area contributed by atoms with Crippen molar-refractivity contribution in [1.82, 2.24) is 10.3 Å². The van der Waals surface area contributed by atoms with Crippen LogP contribution in [0.4, 0.5) is 11.5 Å². The van der Waals surface area contributed by atoms with Gasteiger partial charge in [0.15, 0.2) is 0 Å². The number of amides is 1. The first-order valence-corrected chi connectivity index (χ1v) is 7.86. The summed E-state index contributed by atoms with van der Waals surface area (Å²) in [6.07, 6.45) is 0.392. The van der Waals surface area contributed by atoms with E-state index in [2.05, 4.69) is 34.3 Å². The van der Waals surface area contributed by atoms with Crippen molar-refractivity contribution in [3.8, 4) is 0 Å². The second-order valence-corrected chi connectivity index (χ2v) is 5.99. The van der Waals surface area contributed by atoms with Gasteiger partial charge in [-0.3, -0.25) is 4.79 Å². The Labute approximate surface area is 136 Å². The quantitative estimate of drug-likeness (QED) is 0.909. The molecule has 1 aromatic carbocycles. The summed E-state index contributed by atoms with van der Waals surface area (Å²) < 4.78 is 0. The minimum absolute atomic E-state index is 0.216. The lowest BCUT2D eigenvalue weighted by Crippen LogP contribution is -2.31. The minimum Gasteiger partial charge on any atom is -0.392 e. The SMILES string of the molecule is CC(O)CNC(=O)c1cccc(N2c3ccccc3CC2C)n1. The molecule has 2 atom stereocenters. The molecule has 0 spiro atoms. The van der Waals surface area contributed by atoms with Crippen LogP contribution in [-0.4, -0.2) is 34.7 Å². The first-order valence-electron chi connectivity index (χ1n) is 7.86. The monoisotopic (exact) mass is 311 g/mol. The van der Waals surface area contributed by atoms with Crippen molar-refractivity contribution in [2.24, 2.45) is 0 Å². The summed E-state index contributed by atoms with van der Waals surface area (Å²) in [5.41, 5.74) is 2.81. The highest BCUT2D eigenvalue weighted by molar-refractivity contribution is 5.92. The second-order valence-electron chi connectivity index (χ2n) is 5.99. The Morgan fingerprint density at radius 2 is 2.13 bits per heavy atom. The summed E-state index contributed by atoms with van der Waals surface area (Å²) in [5.74, 6) is 0.500. The summed E-state index contributed by atoms with van der Waals surface area (Å²) >= 11 is 0. The number of aromatic nitrogens is 1. The molecule has 3 rings (SSSR count). The molecule has 0 saturated heterocycles. The maximum atomic E-state index is 12.1. The van der Waals surface area contributed by atoms with Crippen molar-refractivity contribution in [2.45, 2.75) is 32.4 Å². The van der Waals surface area contributed by atoms with Crippen LogP contribution in [0.1, 0.15) is 29.9 Å². The van der Waals surface area contributed by atoms with Gasteiger partial charge in [0.2, 0.25) is 0 Å². The smallest absolute Gasteiger partial charge is 0.270 e. The predicted molar refractivity (Wildman–Crippen MR) is 90.0 cm³/mol. The normalized spacial score (nSPS) is 17.7. The molecule has 23 heavy (non-hydrogen) atoms. The van der Waals surface area contributed by atoms with E-state index in [0.717, 1.165) is 17.9 Å². The average Bonchev–Trinajstić information content (AvgIpc) is 2.88. The molecule has 1 amide bonds. The van der Waals surface area contributed by atoms with Crippen LogP contribution in [0.15, 0.2) is 42.5 Å². The van der Waals surface area contributed by atoms with Crippen molar-refractivity contribution in [3.05, 3.63) is 53.7 Å². The molecule has 1 aliphatic heterocycles. The van der Waals surface area contributed by atoms with Gasteiger partial charge in [-0.15, -0.1) is 0 Å². The molecule has 0 radical (unpaired) electrons. The lowest BCUT2D eigenvalue weighted by atomic mass is 10.1. The van der Waals surface area contributed by atoms with Gasteiger partial charge in [0.1, 0.15) is 11.5 Å². The van der Waals surface area contributed by atoms with Gasteiger partial charge in [0, 0.05) is 18.3 Å². The standard InChI is InChI=1S/C18H21N3O2/c1-12-10-14-6-3-4-8-16(14)21(12)17-9-5-7-15(20-17)18(23)19-11-13(2)22/h3-9,12-13,22H,10-11H2,1-2H3,(H,19,23). The number of fused-ring (bicyclic) bond motifs is 1. The Morgan fingerprint density at radius 1 is 1.35 bits per heavy atom. The fraction of sp³-hybridized carbons (Fsp3) is 0.333. The molecular formula is C18H21N3O2. The summed E-state index contributed by atoms with van der Waals surface area (Å²) in [5, 5.41) is 12.0. The highest BCUT2D eigenvalue weighted by Gasteiger charge is 2.27. The topological polar surface area (TPSA) is 65.5 Å². The van der Waals surface area contributed by atoms with Gasteiger partial charge in [0.05, 0.1) is 6.10 Å². The third kappa shape index (κ3) is 3.19. The van der Waals surface area contributed by atoms with Crippen molar-refractivity contribution >= 4 is 17.4 Å². The van der Waals surface area contributed by atoms with Crippen LogP contribution in [-0.2, 0) is 6.42 Å². The molecule has 2 heterocycles. The van der Waals surface area contributed by atoms with Crippen molar-refractivity contribution in [1.29, 1.82) is 0 Å². The van der Waals surface area contributed by atoms with Gasteiger partial charge in [0.25, 0.3) is 5.91 Å². The number of anilines is 2. The van der Waals surface area contributed by atoms with Crippen LogP contribution in [0.25, 0.3) is 0 Å². The number of pyridine rings is 1. The average molecular weight is 311 g/mol. The fourth-order valence-electron chi connectivity index (χ4n) is 2.93. The van der Waals surface area contributed by atoms with Crippen molar-refractivity contribution in [2.75, 3.05) is 11.4 Å². The Morgan fingerprint density at radius 3 is 2.91 bits per heavy atom. The zero-order valence-electron chi connectivity index (χ0n) is 13.4. The van der Waals surface area contributed by atoms with Gasteiger partial charge in [-0.05, 0) is 44.0 Å². The predicted octanol–water partition coefficient (Wildman–Crippen LogP) is 2.27. The van der Waals surface area contributed by atoms with Crippen molar-refractivity contribution < 1.29 is 9.90 Å². The molecule has 2 N–H and O–H groups in total. The van der Waals surface area contributed by atoms with E-state index >= 15 is 0 Å². The lowest BCUT2D eigenvalue weighted by Gasteiger charge is -2.24. The van der Waals surface area contributed by atoms with Gasteiger partial charge < -0.3 is 15.3 Å². The van der Waals surface area contributed by atoms with E-state index in [9.17, 15) is 9.90 Å². The third-order valence-electron chi connectivity index (χ3n) is 3.98. The first-order chi connectivity index (χ1) is 11.1. The highest BCUT2D eigenvalue weighted by Crippen LogP contribution is 2.36. The molecule has 0 aliphatic carbocycles. The summed E-state index contributed by atoms with van der Waals surface area (Å²) in [7, 11) is 0. The second kappa shape index (κ2) is 6.38. The van der Waals surface area contributed by atoms with E-state index in [0.29, 0.717) is 11.7 Å². The molecule has 0 fully saturated rings. The van der Waals surface area contributed by atoms with Crippen LogP contribution in [0.5, 0.6) is 0 Å². The van der Waals surface area contributed by atoms with E-state index in [1.165, 1.54) is 5.56 Å². The lowest BCUT2D eigenvalue weighted by molar-refractivity contribution is 0.0919. The number of carbonyl (C=O) groups is 1. The summed E-state index contributed by atoms with van der Waals surface area (Å²) in [4.78, 5) is 18.8. The zero-order chi connectivity index (χ0) is 16.4. The van der Waals surface area contributed by atoms with E-state index in [1.807, 2.05) is 24.3 Å². The van der Waals surface area contributed by atoms with Crippen LogP contribution in [0.2, 0.25) is 0 Å². The van der Waals surface area contributed by atoms with Gasteiger partial charge >= 0.3 is 0 Å².